The van der Waals surface area contributed by atoms with Gasteiger partial charge in [0, 0.05) is 16.1 Å². The van der Waals surface area contributed by atoms with E-state index in [0.717, 1.165) is 22.6 Å². The largest absolute Gasteiger partial charge is 0.476 e. The fourth-order valence-electron chi connectivity index (χ4n) is 1.55. The molecule has 4 nitrogen and oxygen atoms in total. The van der Waals surface area contributed by atoms with Gasteiger partial charge in [-0.05, 0) is 18.6 Å². The number of nitrogen functional groups attached to an aromatic ring is 1. The number of hydrogen-bond donors (Lipinski definition) is 2. The molecular formula is C12H12N2O2S. The van der Waals surface area contributed by atoms with Gasteiger partial charge in [-0.1, -0.05) is 19.1 Å². The molecule has 0 radical (unpaired) electrons. The predicted molar refractivity (Wildman–Crippen MR) is 68.3 cm³/mol. The van der Waals surface area contributed by atoms with Crippen molar-refractivity contribution >= 4 is 23.0 Å². The van der Waals surface area contributed by atoms with Gasteiger partial charge in [0.15, 0.2) is 0 Å². The first-order valence-electron chi connectivity index (χ1n) is 5.20. The van der Waals surface area contributed by atoms with Crippen LogP contribution in [0.25, 0.3) is 11.3 Å². The average molecular weight is 248 g/mol. The van der Waals surface area contributed by atoms with Crippen molar-refractivity contribution in [1.29, 1.82) is 0 Å². The van der Waals surface area contributed by atoms with Crippen molar-refractivity contribution in [2.24, 2.45) is 0 Å². The Hall–Kier alpha value is -1.88. The number of anilines is 1. The van der Waals surface area contributed by atoms with E-state index in [1.54, 1.807) is 12.1 Å². The Morgan fingerprint density at radius 2 is 2.06 bits per heavy atom. The Labute approximate surface area is 103 Å². The fourth-order valence-corrected chi connectivity index (χ4v) is 2.41. The third kappa shape index (κ3) is 2.29. The summed E-state index contributed by atoms with van der Waals surface area (Å²) in [7, 11) is 0. The molecule has 1 heterocycles. The van der Waals surface area contributed by atoms with Crippen molar-refractivity contribution in [3.8, 4) is 11.3 Å². The van der Waals surface area contributed by atoms with Crippen molar-refractivity contribution < 1.29 is 9.90 Å². The number of benzene rings is 1. The smallest absolute Gasteiger partial charge is 0.365 e. The van der Waals surface area contributed by atoms with E-state index in [9.17, 15) is 4.79 Å². The number of carboxylic acid groups (broad SMARTS) is 1. The quantitative estimate of drug-likeness (QED) is 0.819. The first kappa shape index (κ1) is 11.6. The molecule has 0 saturated heterocycles. The molecule has 0 bridgehead atoms. The standard InChI is InChI=1S/C12H12N2O2S/c1-2-9-10(14-11(17-9)12(15)16)7-3-5-8(13)6-4-7/h3-6H,2,13H2,1H3,(H,15,16). The first-order valence-corrected chi connectivity index (χ1v) is 6.02. The van der Waals surface area contributed by atoms with E-state index in [0.29, 0.717) is 5.69 Å². The molecule has 3 N–H and O–H groups in total. The number of nitrogens with zero attached hydrogens (tertiary/aromatic N) is 1. The van der Waals surface area contributed by atoms with Crippen molar-refractivity contribution in [3.05, 3.63) is 34.2 Å². The highest BCUT2D eigenvalue weighted by molar-refractivity contribution is 7.13. The molecule has 1 aromatic heterocycles. The van der Waals surface area contributed by atoms with Gasteiger partial charge in [-0.15, -0.1) is 11.3 Å². The molecule has 2 rings (SSSR count). The van der Waals surface area contributed by atoms with Gasteiger partial charge in [0.2, 0.25) is 5.01 Å². The van der Waals surface area contributed by atoms with Crippen molar-refractivity contribution in [1.82, 2.24) is 4.98 Å². The second kappa shape index (κ2) is 4.55. The summed E-state index contributed by atoms with van der Waals surface area (Å²) in [6, 6.07) is 7.29. The summed E-state index contributed by atoms with van der Waals surface area (Å²) in [6.07, 6.45) is 0.769. The number of rotatable bonds is 3. The number of nitrogens with two attached hydrogens (primary N) is 1. The summed E-state index contributed by atoms with van der Waals surface area (Å²) in [4.78, 5) is 16.0. The van der Waals surface area contributed by atoms with Crippen LogP contribution in [0.4, 0.5) is 5.69 Å². The fraction of sp³-hybridized carbons (Fsp3) is 0.167. The van der Waals surface area contributed by atoms with Crippen LogP contribution < -0.4 is 5.73 Å². The maximum Gasteiger partial charge on any atom is 0.365 e. The summed E-state index contributed by atoms with van der Waals surface area (Å²) in [6.45, 7) is 1.99. The number of aromatic carboxylic acids is 1. The van der Waals surface area contributed by atoms with Crippen LogP contribution in [0.15, 0.2) is 24.3 Å². The number of thiazole rings is 1. The van der Waals surface area contributed by atoms with Gasteiger partial charge in [0.25, 0.3) is 0 Å². The van der Waals surface area contributed by atoms with Crippen LogP contribution in [0, 0.1) is 0 Å². The molecule has 1 aromatic carbocycles. The summed E-state index contributed by atoms with van der Waals surface area (Å²) in [5, 5.41) is 9.07. The monoisotopic (exact) mass is 248 g/mol. The Kier molecular flexibility index (Phi) is 3.10. The number of hydrogen-bond acceptors (Lipinski definition) is 4. The number of carbonyl (C=O) groups is 1. The Bertz CT molecular complexity index is 546. The molecule has 0 fully saturated rings. The second-order valence-electron chi connectivity index (χ2n) is 3.57. The third-order valence-electron chi connectivity index (χ3n) is 2.39. The first-order chi connectivity index (χ1) is 8.11. The van der Waals surface area contributed by atoms with Crippen LogP contribution in [-0.4, -0.2) is 16.1 Å². The maximum atomic E-state index is 10.9. The van der Waals surface area contributed by atoms with E-state index < -0.39 is 5.97 Å². The van der Waals surface area contributed by atoms with Gasteiger partial charge < -0.3 is 10.8 Å². The molecule has 5 heteroatoms. The zero-order chi connectivity index (χ0) is 12.4. The van der Waals surface area contributed by atoms with Crippen molar-refractivity contribution in [2.45, 2.75) is 13.3 Å². The van der Waals surface area contributed by atoms with Crippen LogP contribution in [0.3, 0.4) is 0 Å². The van der Waals surface area contributed by atoms with Gasteiger partial charge in [0.1, 0.15) is 0 Å². The van der Waals surface area contributed by atoms with Gasteiger partial charge in [0.05, 0.1) is 5.69 Å². The van der Waals surface area contributed by atoms with Crippen molar-refractivity contribution in [2.75, 3.05) is 5.73 Å². The molecule has 0 unspecified atom stereocenters. The molecule has 0 saturated carbocycles. The summed E-state index contributed by atoms with van der Waals surface area (Å²) < 4.78 is 0. The van der Waals surface area contributed by atoms with Crippen molar-refractivity contribution in [3.63, 3.8) is 0 Å². The lowest BCUT2D eigenvalue weighted by molar-refractivity contribution is 0.0696. The molecule has 0 spiro atoms. The highest BCUT2D eigenvalue weighted by Crippen LogP contribution is 2.29. The number of aromatic nitrogens is 1. The van der Waals surface area contributed by atoms with Gasteiger partial charge in [-0.25, -0.2) is 9.78 Å². The van der Waals surface area contributed by atoms with Gasteiger partial charge in [-0.3, -0.25) is 0 Å². The average Bonchev–Trinajstić information content (AvgIpc) is 2.74. The Balaban J connectivity index is 2.50. The molecule has 0 aliphatic carbocycles. The van der Waals surface area contributed by atoms with E-state index in [1.165, 1.54) is 11.3 Å². The number of carboxylic acids is 1. The van der Waals surface area contributed by atoms with Crippen LogP contribution in [0.5, 0.6) is 0 Å². The molecular weight excluding hydrogens is 236 g/mol. The summed E-state index contributed by atoms with van der Waals surface area (Å²) in [5.41, 5.74) is 7.95. The molecule has 17 heavy (non-hydrogen) atoms. The highest BCUT2D eigenvalue weighted by atomic mass is 32.1. The molecule has 0 aliphatic rings. The maximum absolute atomic E-state index is 10.9. The second-order valence-corrected chi connectivity index (χ2v) is 4.66. The third-order valence-corrected chi connectivity index (χ3v) is 3.57. The SMILES string of the molecule is CCc1sc(C(=O)O)nc1-c1ccc(N)cc1. The minimum Gasteiger partial charge on any atom is -0.476 e. The topological polar surface area (TPSA) is 76.2 Å². The Morgan fingerprint density at radius 3 is 2.59 bits per heavy atom. The summed E-state index contributed by atoms with van der Waals surface area (Å²) in [5.74, 6) is -0.980. The zero-order valence-electron chi connectivity index (χ0n) is 9.30. The lowest BCUT2D eigenvalue weighted by atomic mass is 10.1. The van der Waals surface area contributed by atoms with Gasteiger partial charge in [-0.2, -0.15) is 0 Å². The lowest BCUT2D eigenvalue weighted by Crippen LogP contribution is -1.94. The van der Waals surface area contributed by atoms with Gasteiger partial charge >= 0.3 is 5.97 Å². The van der Waals surface area contributed by atoms with Crippen LogP contribution in [-0.2, 0) is 6.42 Å². The molecule has 0 amide bonds. The zero-order valence-corrected chi connectivity index (χ0v) is 10.1. The lowest BCUT2D eigenvalue weighted by Gasteiger charge is -2.00. The van der Waals surface area contributed by atoms with E-state index in [-0.39, 0.29) is 5.01 Å². The number of aryl methyl sites for hydroxylation is 1. The highest BCUT2D eigenvalue weighted by Gasteiger charge is 2.15. The van der Waals surface area contributed by atoms with E-state index in [4.69, 9.17) is 10.8 Å². The normalized spacial score (nSPS) is 10.4. The molecule has 88 valence electrons. The van der Waals surface area contributed by atoms with Crippen LogP contribution >= 0.6 is 11.3 Å². The van der Waals surface area contributed by atoms with E-state index in [1.807, 2.05) is 19.1 Å². The van der Waals surface area contributed by atoms with Crippen LogP contribution in [0.2, 0.25) is 0 Å². The van der Waals surface area contributed by atoms with E-state index in [2.05, 4.69) is 4.98 Å². The summed E-state index contributed by atoms with van der Waals surface area (Å²) >= 11 is 1.22. The van der Waals surface area contributed by atoms with E-state index >= 15 is 0 Å². The minimum absolute atomic E-state index is 0.133. The molecule has 0 atom stereocenters. The van der Waals surface area contributed by atoms with Crippen LogP contribution in [0.1, 0.15) is 21.6 Å². The molecule has 2 aromatic rings. The Morgan fingerprint density at radius 1 is 1.41 bits per heavy atom. The minimum atomic E-state index is -0.980. The molecule has 0 aliphatic heterocycles. The predicted octanol–water partition coefficient (Wildman–Crippen LogP) is 2.65.